The molecule has 1 aliphatic heterocycles. The topological polar surface area (TPSA) is 46.3 Å². The van der Waals surface area contributed by atoms with Crippen LogP contribution in [0.15, 0.2) is 0 Å². The third-order valence-corrected chi connectivity index (χ3v) is 3.42. The van der Waals surface area contributed by atoms with Crippen LogP contribution in [-0.2, 0) is 4.79 Å². The van der Waals surface area contributed by atoms with E-state index in [1.54, 1.807) is 6.92 Å². The molecular formula is C9H19ClN2OS. The highest BCUT2D eigenvalue weighted by atomic mass is 35.5. The molecule has 1 saturated heterocycles. The largest absolute Gasteiger partial charge is 0.339 e. The summed E-state index contributed by atoms with van der Waals surface area (Å²) in [7, 11) is 0. The lowest BCUT2D eigenvalue weighted by Crippen LogP contribution is -2.50. The van der Waals surface area contributed by atoms with Gasteiger partial charge in [-0.25, -0.2) is 0 Å². The molecule has 1 heterocycles. The summed E-state index contributed by atoms with van der Waals surface area (Å²) in [4.78, 5) is 13.5. The van der Waals surface area contributed by atoms with Crippen molar-refractivity contribution in [2.24, 2.45) is 5.73 Å². The quantitative estimate of drug-likeness (QED) is 0.745. The Balaban J connectivity index is 0.00000169. The van der Waals surface area contributed by atoms with Crippen molar-refractivity contribution < 1.29 is 4.79 Å². The SMILES string of the molecule is CC(N)C(=O)N1CCSC(C)(C)C1.Cl. The lowest BCUT2D eigenvalue weighted by atomic mass is 10.1. The zero-order chi connectivity index (χ0) is 10.1. The van der Waals surface area contributed by atoms with Crippen LogP contribution in [0.4, 0.5) is 0 Å². The molecule has 0 aromatic rings. The van der Waals surface area contributed by atoms with E-state index in [0.717, 1.165) is 18.8 Å². The van der Waals surface area contributed by atoms with Gasteiger partial charge in [0.25, 0.3) is 0 Å². The fraction of sp³-hybridized carbons (Fsp3) is 0.889. The van der Waals surface area contributed by atoms with Crippen LogP contribution in [0.1, 0.15) is 20.8 Å². The predicted octanol–water partition coefficient (Wildman–Crippen LogP) is 1.11. The molecule has 0 spiro atoms. The number of hydrogen-bond donors (Lipinski definition) is 1. The maximum atomic E-state index is 11.6. The monoisotopic (exact) mass is 238 g/mol. The first-order valence-corrected chi connectivity index (χ1v) is 5.59. The Labute approximate surface area is 96.2 Å². The Morgan fingerprint density at radius 2 is 2.14 bits per heavy atom. The number of nitrogens with two attached hydrogens (primary N) is 1. The number of halogens is 1. The molecule has 1 atom stereocenters. The van der Waals surface area contributed by atoms with Gasteiger partial charge in [0.15, 0.2) is 0 Å². The van der Waals surface area contributed by atoms with E-state index in [-0.39, 0.29) is 29.1 Å². The summed E-state index contributed by atoms with van der Waals surface area (Å²) in [5.41, 5.74) is 5.56. The Kier molecular flexibility index (Phi) is 5.26. The Morgan fingerprint density at radius 3 is 2.57 bits per heavy atom. The average molecular weight is 239 g/mol. The van der Waals surface area contributed by atoms with Crippen molar-refractivity contribution in [1.82, 2.24) is 4.90 Å². The Hall–Kier alpha value is 0.0700. The summed E-state index contributed by atoms with van der Waals surface area (Å²) in [6.07, 6.45) is 0. The van der Waals surface area contributed by atoms with Crippen LogP contribution in [0.5, 0.6) is 0 Å². The number of thioether (sulfide) groups is 1. The molecule has 2 N–H and O–H groups in total. The molecule has 3 nitrogen and oxygen atoms in total. The van der Waals surface area contributed by atoms with E-state index in [2.05, 4.69) is 13.8 Å². The number of carbonyl (C=O) groups is 1. The Bertz CT molecular complexity index is 209. The number of hydrogen-bond acceptors (Lipinski definition) is 3. The summed E-state index contributed by atoms with van der Waals surface area (Å²) in [6, 6.07) is -0.362. The fourth-order valence-electron chi connectivity index (χ4n) is 1.49. The van der Waals surface area contributed by atoms with Gasteiger partial charge in [0, 0.05) is 23.6 Å². The van der Waals surface area contributed by atoms with Gasteiger partial charge in [-0.05, 0) is 20.8 Å². The first kappa shape index (κ1) is 14.1. The van der Waals surface area contributed by atoms with E-state index in [0.29, 0.717) is 0 Å². The highest BCUT2D eigenvalue weighted by Crippen LogP contribution is 2.29. The van der Waals surface area contributed by atoms with Crippen molar-refractivity contribution in [2.75, 3.05) is 18.8 Å². The second-order valence-electron chi connectivity index (χ2n) is 4.16. The highest BCUT2D eigenvalue weighted by molar-refractivity contribution is 8.00. The van der Waals surface area contributed by atoms with Crippen molar-refractivity contribution in [3.8, 4) is 0 Å². The van der Waals surface area contributed by atoms with Crippen molar-refractivity contribution in [1.29, 1.82) is 0 Å². The standard InChI is InChI=1S/C9H18N2OS.ClH/c1-7(10)8(12)11-4-5-13-9(2,3)6-11;/h7H,4-6,10H2,1-3H3;1H. The zero-order valence-electron chi connectivity index (χ0n) is 8.95. The maximum absolute atomic E-state index is 11.6. The molecule has 84 valence electrons. The van der Waals surface area contributed by atoms with Crippen LogP contribution in [0.2, 0.25) is 0 Å². The molecule has 0 aliphatic carbocycles. The van der Waals surface area contributed by atoms with E-state index >= 15 is 0 Å². The highest BCUT2D eigenvalue weighted by Gasteiger charge is 2.30. The first-order valence-electron chi connectivity index (χ1n) is 4.61. The lowest BCUT2D eigenvalue weighted by molar-refractivity contribution is -0.132. The average Bonchev–Trinajstić information content (AvgIpc) is 2.01. The number of rotatable bonds is 1. The zero-order valence-corrected chi connectivity index (χ0v) is 10.6. The predicted molar refractivity (Wildman–Crippen MR) is 64.0 cm³/mol. The van der Waals surface area contributed by atoms with E-state index < -0.39 is 0 Å². The molecule has 1 amide bonds. The molecule has 0 aromatic heterocycles. The van der Waals surface area contributed by atoms with E-state index in [9.17, 15) is 4.79 Å². The lowest BCUT2D eigenvalue weighted by Gasteiger charge is -2.38. The molecule has 1 rings (SSSR count). The van der Waals surface area contributed by atoms with Crippen LogP contribution in [0, 0.1) is 0 Å². The van der Waals surface area contributed by atoms with Crippen LogP contribution < -0.4 is 5.73 Å². The first-order chi connectivity index (χ1) is 5.92. The number of nitrogens with zero attached hydrogens (tertiary/aromatic N) is 1. The van der Waals surface area contributed by atoms with Crippen LogP contribution in [0.3, 0.4) is 0 Å². The third-order valence-electron chi connectivity index (χ3n) is 2.13. The minimum Gasteiger partial charge on any atom is -0.339 e. The van der Waals surface area contributed by atoms with Gasteiger partial charge < -0.3 is 10.6 Å². The van der Waals surface area contributed by atoms with Crippen molar-refractivity contribution in [3.05, 3.63) is 0 Å². The normalized spacial score (nSPS) is 22.4. The number of amides is 1. The second kappa shape index (κ2) is 5.24. The van der Waals surface area contributed by atoms with Crippen molar-refractivity contribution in [3.63, 3.8) is 0 Å². The summed E-state index contributed by atoms with van der Waals surface area (Å²) >= 11 is 1.92. The van der Waals surface area contributed by atoms with Crippen LogP contribution >= 0.6 is 24.2 Å². The molecule has 1 fully saturated rings. The van der Waals surface area contributed by atoms with Crippen molar-refractivity contribution in [2.45, 2.75) is 31.6 Å². The molecular weight excluding hydrogens is 220 g/mol. The van der Waals surface area contributed by atoms with Gasteiger partial charge >= 0.3 is 0 Å². The molecule has 0 radical (unpaired) electrons. The minimum absolute atomic E-state index is 0. The summed E-state index contributed by atoms with van der Waals surface area (Å²) < 4.78 is 0.183. The molecule has 5 heteroatoms. The molecule has 0 saturated carbocycles. The molecule has 1 unspecified atom stereocenters. The summed E-state index contributed by atoms with van der Waals surface area (Å²) in [5.74, 6) is 1.10. The smallest absolute Gasteiger partial charge is 0.239 e. The van der Waals surface area contributed by atoms with Gasteiger partial charge in [-0.15, -0.1) is 12.4 Å². The van der Waals surface area contributed by atoms with Crippen molar-refractivity contribution >= 4 is 30.1 Å². The molecule has 14 heavy (non-hydrogen) atoms. The van der Waals surface area contributed by atoms with E-state index in [4.69, 9.17) is 5.73 Å². The summed E-state index contributed by atoms with van der Waals surface area (Å²) in [6.45, 7) is 7.74. The maximum Gasteiger partial charge on any atom is 0.239 e. The van der Waals surface area contributed by atoms with Crippen LogP contribution in [-0.4, -0.2) is 40.4 Å². The third kappa shape index (κ3) is 3.67. The van der Waals surface area contributed by atoms with Gasteiger partial charge in [0.1, 0.15) is 0 Å². The van der Waals surface area contributed by atoms with Gasteiger partial charge in [0.05, 0.1) is 6.04 Å². The minimum atomic E-state index is -0.362. The molecule has 1 aliphatic rings. The summed E-state index contributed by atoms with van der Waals surface area (Å²) in [5, 5.41) is 0. The van der Waals surface area contributed by atoms with Gasteiger partial charge in [-0.3, -0.25) is 4.79 Å². The van der Waals surface area contributed by atoms with Gasteiger partial charge in [0.2, 0.25) is 5.91 Å². The molecule has 0 aromatic carbocycles. The van der Waals surface area contributed by atoms with Gasteiger partial charge in [-0.1, -0.05) is 0 Å². The van der Waals surface area contributed by atoms with Gasteiger partial charge in [-0.2, -0.15) is 11.8 Å². The van der Waals surface area contributed by atoms with E-state index in [1.165, 1.54) is 0 Å². The van der Waals surface area contributed by atoms with Crippen LogP contribution in [0.25, 0.3) is 0 Å². The molecule has 0 bridgehead atoms. The second-order valence-corrected chi connectivity index (χ2v) is 5.96. The fourth-order valence-corrected chi connectivity index (χ4v) is 2.60. The Morgan fingerprint density at radius 1 is 1.57 bits per heavy atom. The van der Waals surface area contributed by atoms with E-state index in [1.807, 2.05) is 16.7 Å². The number of carbonyl (C=O) groups excluding carboxylic acids is 1.